The fourth-order valence-electron chi connectivity index (χ4n) is 1.95. The van der Waals surface area contributed by atoms with Crippen molar-refractivity contribution >= 4 is 0 Å². The van der Waals surface area contributed by atoms with Crippen LogP contribution in [0.25, 0.3) is 0 Å². The molecule has 3 rings (SSSR count). The van der Waals surface area contributed by atoms with Crippen LogP contribution in [0.4, 0.5) is 0 Å². The van der Waals surface area contributed by atoms with E-state index in [2.05, 4.69) is 48.8 Å². The second kappa shape index (κ2) is 5.85. The predicted molar refractivity (Wildman–Crippen MR) is 71.7 cm³/mol. The quantitative estimate of drug-likeness (QED) is 0.842. The van der Waals surface area contributed by atoms with E-state index in [1.807, 2.05) is 0 Å². The highest BCUT2D eigenvalue weighted by atomic mass is 16.7. The summed E-state index contributed by atoms with van der Waals surface area (Å²) in [5.74, 6) is 0.959. The summed E-state index contributed by atoms with van der Waals surface area (Å²) in [6, 6.07) is 8.58. The van der Waals surface area contributed by atoms with Crippen molar-refractivity contribution in [2.75, 3.05) is 7.11 Å². The number of nitrogens with one attached hydrogen (secondary N) is 1. The number of benzene rings is 1. The summed E-state index contributed by atoms with van der Waals surface area (Å²) in [5.41, 5.74) is 7.12. The molecule has 0 aromatic heterocycles. The largest absolute Gasteiger partial charge is 0.408 e. The number of allylic oxidation sites excluding steroid dienone is 2. The molecule has 0 amide bonds. The second-order valence-corrected chi connectivity index (χ2v) is 4.43. The molecule has 1 heterocycles. The minimum Gasteiger partial charge on any atom is -0.408 e. The maximum atomic E-state index is 7.00. The van der Waals surface area contributed by atoms with E-state index in [-0.39, 0.29) is 6.04 Å². The van der Waals surface area contributed by atoms with E-state index in [9.17, 15) is 0 Å². The molecule has 1 unspecified atom stereocenters. The molecule has 0 radical (unpaired) electrons. The number of aliphatic hydroxyl groups excluding tert-OH is 1. The SMILES string of the molecule is CO.Cc1ccccc1C1C=C(C=C2CC2)ON1. The molecule has 1 saturated carbocycles. The Morgan fingerprint density at radius 1 is 1.28 bits per heavy atom. The monoisotopic (exact) mass is 245 g/mol. The lowest BCUT2D eigenvalue weighted by Gasteiger charge is -2.10. The van der Waals surface area contributed by atoms with E-state index in [1.165, 1.54) is 29.5 Å². The van der Waals surface area contributed by atoms with E-state index >= 15 is 0 Å². The van der Waals surface area contributed by atoms with Crippen molar-refractivity contribution in [3.05, 3.63) is 58.9 Å². The van der Waals surface area contributed by atoms with Gasteiger partial charge in [0.25, 0.3) is 0 Å². The molecule has 1 aliphatic heterocycles. The number of hydroxylamine groups is 1. The molecule has 1 atom stereocenters. The smallest absolute Gasteiger partial charge is 0.145 e. The van der Waals surface area contributed by atoms with Gasteiger partial charge in [-0.3, -0.25) is 0 Å². The van der Waals surface area contributed by atoms with Gasteiger partial charge in [0, 0.05) is 7.11 Å². The van der Waals surface area contributed by atoms with Gasteiger partial charge in [-0.05, 0) is 43.0 Å². The molecule has 2 aliphatic rings. The summed E-state index contributed by atoms with van der Waals surface area (Å²) in [4.78, 5) is 5.46. The average Bonchev–Trinajstić information content (AvgIpc) is 3.09. The lowest BCUT2D eigenvalue weighted by atomic mass is 10.0. The van der Waals surface area contributed by atoms with Crippen molar-refractivity contribution in [1.82, 2.24) is 5.48 Å². The lowest BCUT2D eigenvalue weighted by Crippen LogP contribution is -2.13. The fourth-order valence-corrected chi connectivity index (χ4v) is 1.95. The first-order valence-electron chi connectivity index (χ1n) is 6.17. The zero-order chi connectivity index (χ0) is 13.0. The molecular weight excluding hydrogens is 226 g/mol. The van der Waals surface area contributed by atoms with Gasteiger partial charge in [-0.2, -0.15) is 0 Å². The maximum absolute atomic E-state index is 7.00. The van der Waals surface area contributed by atoms with Crippen molar-refractivity contribution < 1.29 is 9.94 Å². The van der Waals surface area contributed by atoms with Crippen LogP contribution in [0.2, 0.25) is 0 Å². The molecule has 96 valence electrons. The summed E-state index contributed by atoms with van der Waals surface area (Å²) >= 11 is 0. The number of aryl methyl sites for hydroxylation is 1. The van der Waals surface area contributed by atoms with Crippen molar-refractivity contribution in [2.45, 2.75) is 25.8 Å². The summed E-state index contributed by atoms with van der Waals surface area (Å²) in [5, 5.41) is 7.00. The van der Waals surface area contributed by atoms with E-state index in [1.54, 1.807) is 0 Å². The molecule has 1 aliphatic carbocycles. The van der Waals surface area contributed by atoms with Crippen molar-refractivity contribution in [3.8, 4) is 0 Å². The summed E-state index contributed by atoms with van der Waals surface area (Å²) in [6.45, 7) is 2.13. The van der Waals surface area contributed by atoms with Crippen LogP contribution in [-0.4, -0.2) is 12.2 Å². The highest BCUT2D eigenvalue weighted by molar-refractivity contribution is 5.36. The van der Waals surface area contributed by atoms with Gasteiger partial charge in [0.1, 0.15) is 5.76 Å². The summed E-state index contributed by atoms with van der Waals surface area (Å²) in [7, 11) is 1.00. The Balaban J connectivity index is 0.000000574. The molecule has 0 saturated heterocycles. The minimum absolute atomic E-state index is 0.187. The van der Waals surface area contributed by atoms with Gasteiger partial charge in [-0.15, -0.1) is 5.48 Å². The number of rotatable bonds is 2. The Kier molecular flexibility index (Phi) is 4.18. The van der Waals surface area contributed by atoms with E-state index in [4.69, 9.17) is 9.94 Å². The van der Waals surface area contributed by atoms with Gasteiger partial charge in [-0.25, -0.2) is 0 Å². The third-order valence-electron chi connectivity index (χ3n) is 3.04. The van der Waals surface area contributed by atoms with Crippen LogP contribution in [0.3, 0.4) is 0 Å². The Morgan fingerprint density at radius 2 is 2.00 bits per heavy atom. The molecule has 0 spiro atoms. The third-order valence-corrected chi connectivity index (χ3v) is 3.04. The van der Waals surface area contributed by atoms with E-state index in [0.29, 0.717) is 0 Å². The minimum atomic E-state index is 0.187. The first-order valence-corrected chi connectivity index (χ1v) is 6.17. The zero-order valence-electron chi connectivity index (χ0n) is 10.8. The van der Waals surface area contributed by atoms with Gasteiger partial charge < -0.3 is 9.94 Å². The molecule has 3 nitrogen and oxygen atoms in total. The molecule has 1 aromatic carbocycles. The highest BCUT2D eigenvalue weighted by Crippen LogP contribution is 2.32. The van der Waals surface area contributed by atoms with Crippen LogP contribution < -0.4 is 5.48 Å². The fraction of sp³-hybridized carbons (Fsp3) is 0.333. The Hall–Kier alpha value is -1.58. The number of hydrogen-bond donors (Lipinski definition) is 2. The van der Waals surface area contributed by atoms with Gasteiger partial charge in [0.2, 0.25) is 0 Å². The summed E-state index contributed by atoms with van der Waals surface area (Å²) in [6.07, 6.45) is 6.75. The van der Waals surface area contributed by atoms with Crippen molar-refractivity contribution in [2.24, 2.45) is 0 Å². The third kappa shape index (κ3) is 3.00. The first kappa shape index (κ1) is 12.9. The Labute approximate surface area is 108 Å². The van der Waals surface area contributed by atoms with Gasteiger partial charge >= 0.3 is 0 Å². The van der Waals surface area contributed by atoms with Crippen LogP contribution in [0, 0.1) is 6.92 Å². The van der Waals surface area contributed by atoms with Crippen LogP contribution in [0.15, 0.2) is 47.7 Å². The maximum Gasteiger partial charge on any atom is 0.145 e. The van der Waals surface area contributed by atoms with E-state index < -0.39 is 0 Å². The molecular formula is C15H19NO2. The van der Waals surface area contributed by atoms with Crippen molar-refractivity contribution in [1.29, 1.82) is 0 Å². The van der Waals surface area contributed by atoms with Crippen LogP contribution >= 0.6 is 0 Å². The van der Waals surface area contributed by atoms with E-state index in [0.717, 1.165) is 12.9 Å². The van der Waals surface area contributed by atoms with Crippen LogP contribution in [-0.2, 0) is 4.84 Å². The molecule has 3 heteroatoms. The average molecular weight is 245 g/mol. The topological polar surface area (TPSA) is 41.5 Å². The zero-order valence-corrected chi connectivity index (χ0v) is 10.8. The normalized spacial score (nSPS) is 20.5. The van der Waals surface area contributed by atoms with Crippen LogP contribution in [0.5, 0.6) is 0 Å². The lowest BCUT2D eigenvalue weighted by molar-refractivity contribution is 0.124. The van der Waals surface area contributed by atoms with Gasteiger partial charge in [0.05, 0.1) is 6.04 Å². The Bertz CT molecular complexity index is 471. The predicted octanol–water partition coefficient (Wildman–Crippen LogP) is 2.78. The Morgan fingerprint density at radius 3 is 2.67 bits per heavy atom. The van der Waals surface area contributed by atoms with Crippen molar-refractivity contribution in [3.63, 3.8) is 0 Å². The van der Waals surface area contributed by atoms with Crippen LogP contribution in [0.1, 0.15) is 30.0 Å². The highest BCUT2D eigenvalue weighted by Gasteiger charge is 2.20. The standard InChI is InChI=1S/C14H15NO.CH4O/c1-10-4-2-3-5-13(10)14-9-12(16-15-14)8-11-6-7-11;1-2/h2-5,8-9,14-15H,6-7H2,1H3;2H,1H3. The van der Waals surface area contributed by atoms with Gasteiger partial charge in [-0.1, -0.05) is 29.8 Å². The first-order chi connectivity index (χ1) is 8.83. The summed E-state index contributed by atoms with van der Waals surface area (Å²) < 4.78 is 0. The number of hydrogen-bond acceptors (Lipinski definition) is 3. The molecule has 2 N–H and O–H groups in total. The second-order valence-electron chi connectivity index (χ2n) is 4.43. The molecule has 1 fully saturated rings. The van der Waals surface area contributed by atoms with Gasteiger partial charge in [0.15, 0.2) is 0 Å². The molecule has 18 heavy (non-hydrogen) atoms. The molecule has 0 bridgehead atoms. The molecule has 1 aromatic rings. The number of aliphatic hydroxyl groups is 1.